The summed E-state index contributed by atoms with van der Waals surface area (Å²) in [5.41, 5.74) is 3.62. The lowest BCUT2D eigenvalue weighted by Gasteiger charge is -2.37. The molecule has 238 valence electrons. The minimum absolute atomic E-state index is 0.176. The van der Waals surface area contributed by atoms with Crippen molar-refractivity contribution < 1.29 is 19.1 Å². The standard InChI is InChI=1S/C36H55N3O4/c1-10-12-13-14-15-18-24-39(34(41)31(25(3)11-2)38-35(42)43-36(7,8)9)32(30-27(5)21-19-22-28(30)6)33(40)37-29-23-17-16-20-26(29)4/h16-17,19-23,25,31-32H,10-15,18,24H2,1-9H3,(H,37,40)(H,38,42). The highest BCUT2D eigenvalue weighted by molar-refractivity contribution is 5.99. The summed E-state index contributed by atoms with van der Waals surface area (Å²) in [6.45, 7) is 17.8. The van der Waals surface area contributed by atoms with Gasteiger partial charge in [0.1, 0.15) is 17.7 Å². The van der Waals surface area contributed by atoms with Gasteiger partial charge in [0.15, 0.2) is 0 Å². The van der Waals surface area contributed by atoms with E-state index in [-0.39, 0.29) is 17.7 Å². The smallest absolute Gasteiger partial charge is 0.408 e. The van der Waals surface area contributed by atoms with E-state index in [0.717, 1.165) is 54.4 Å². The van der Waals surface area contributed by atoms with Crippen LogP contribution in [0.1, 0.15) is 115 Å². The molecule has 2 aromatic carbocycles. The van der Waals surface area contributed by atoms with Crippen LogP contribution in [0.2, 0.25) is 0 Å². The van der Waals surface area contributed by atoms with E-state index in [2.05, 4.69) is 17.6 Å². The second-order valence-electron chi connectivity index (χ2n) is 12.8. The van der Waals surface area contributed by atoms with Crippen LogP contribution in [0.3, 0.4) is 0 Å². The number of ether oxygens (including phenoxy) is 1. The quantitative estimate of drug-likeness (QED) is 0.203. The summed E-state index contributed by atoms with van der Waals surface area (Å²) < 4.78 is 5.55. The van der Waals surface area contributed by atoms with Gasteiger partial charge in [-0.3, -0.25) is 9.59 Å². The third-order valence-electron chi connectivity index (χ3n) is 7.97. The van der Waals surface area contributed by atoms with Crippen LogP contribution in [0, 0.1) is 26.7 Å². The minimum atomic E-state index is -0.879. The Morgan fingerprint density at radius 1 is 0.837 bits per heavy atom. The number of carbonyl (C=O) groups excluding carboxylic acids is 3. The Morgan fingerprint density at radius 3 is 2.00 bits per heavy atom. The van der Waals surface area contributed by atoms with Crippen LogP contribution < -0.4 is 10.6 Å². The third-order valence-corrected chi connectivity index (χ3v) is 7.97. The van der Waals surface area contributed by atoms with Crippen LogP contribution in [0.25, 0.3) is 0 Å². The fourth-order valence-electron chi connectivity index (χ4n) is 5.33. The Hall–Kier alpha value is -3.35. The molecule has 0 aliphatic heterocycles. The van der Waals surface area contributed by atoms with Crippen LogP contribution in [0.15, 0.2) is 42.5 Å². The van der Waals surface area contributed by atoms with Crippen LogP contribution in [0.5, 0.6) is 0 Å². The second kappa shape index (κ2) is 17.1. The highest BCUT2D eigenvalue weighted by atomic mass is 16.6. The first-order chi connectivity index (χ1) is 20.3. The molecule has 0 heterocycles. The first kappa shape index (κ1) is 35.8. The molecule has 7 nitrogen and oxygen atoms in total. The fourth-order valence-corrected chi connectivity index (χ4v) is 5.33. The van der Waals surface area contributed by atoms with Gasteiger partial charge < -0.3 is 20.3 Å². The first-order valence-electron chi connectivity index (χ1n) is 16.0. The largest absolute Gasteiger partial charge is 0.444 e. The monoisotopic (exact) mass is 593 g/mol. The molecule has 2 rings (SSSR count). The van der Waals surface area contributed by atoms with E-state index in [1.54, 1.807) is 25.7 Å². The number of para-hydroxylation sites is 1. The Balaban J connectivity index is 2.61. The van der Waals surface area contributed by atoms with Crippen molar-refractivity contribution in [1.29, 1.82) is 0 Å². The van der Waals surface area contributed by atoms with E-state index >= 15 is 0 Å². The summed E-state index contributed by atoms with van der Waals surface area (Å²) in [6, 6.07) is 11.9. The van der Waals surface area contributed by atoms with Gasteiger partial charge in [-0.2, -0.15) is 0 Å². The molecule has 2 aromatic rings. The number of nitrogens with zero attached hydrogens (tertiary/aromatic N) is 1. The van der Waals surface area contributed by atoms with Crippen LogP contribution >= 0.6 is 0 Å². The van der Waals surface area contributed by atoms with E-state index in [4.69, 9.17) is 4.74 Å². The summed E-state index contributed by atoms with van der Waals surface area (Å²) in [6.07, 6.45) is 6.30. The molecule has 0 aliphatic rings. The Labute approximate surface area is 260 Å². The summed E-state index contributed by atoms with van der Waals surface area (Å²) in [7, 11) is 0. The van der Waals surface area contributed by atoms with Gasteiger partial charge in [-0.25, -0.2) is 4.79 Å². The number of hydrogen-bond donors (Lipinski definition) is 2. The molecule has 3 atom stereocenters. The average molecular weight is 594 g/mol. The highest BCUT2D eigenvalue weighted by Crippen LogP contribution is 2.31. The van der Waals surface area contributed by atoms with Crippen LogP contribution in [-0.2, 0) is 14.3 Å². The van der Waals surface area contributed by atoms with Gasteiger partial charge >= 0.3 is 6.09 Å². The van der Waals surface area contributed by atoms with Gasteiger partial charge in [0.25, 0.3) is 5.91 Å². The number of amides is 3. The van der Waals surface area contributed by atoms with Crippen molar-refractivity contribution in [3.05, 3.63) is 64.7 Å². The first-order valence-corrected chi connectivity index (χ1v) is 16.0. The molecule has 0 spiro atoms. The average Bonchev–Trinajstić information content (AvgIpc) is 2.93. The van der Waals surface area contributed by atoms with E-state index in [9.17, 15) is 14.4 Å². The molecule has 0 bridgehead atoms. The molecule has 0 saturated carbocycles. The van der Waals surface area contributed by atoms with Gasteiger partial charge in [-0.15, -0.1) is 0 Å². The molecule has 3 unspecified atom stereocenters. The molecule has 7 heteroatoms. The second-order valence-corrected chi connectivity index (χ2v) is 12.8. The summed E-state index contributed by atoms with van der Waals surface area (Å²) >= 11 is 0. The normalized spacial score (nSPS) is 13.5. The number of anilines is 1. The molecule has 0 aliphatic carbocycles. The highest BCUT2D eigenvalue weighted by Gasteiger charge is 2.39. The Morgan fingerprint density at radius 2 is 1.42 bits per heavy atom. The lowest BCUT2D eigenvalue weighted by atomic mass is 9.91. The minimum Gasteiger partial charge on any atom is -0.444 e. The summed E-state index contributed by atoms with van der Waals surface area (Å²) in [5, 5.41) is 6.00. The molecule has 3 amide bonds. The van der Waals surface area contributed by atoms with Crippen LogP contribution in [0.4, 0.5) is 10.5 Å². The van der Waals surface area contributed by atoms with E-state index in [1.807, 2.05) is 77.1 Å². The van der Waals surface area contributed by atoms with Gasteiger partial charge in [0.05, 0.1) is 0 Å². The lowest BCUT2D eigenvalue weighted by molar-refractivity contribution is -0.142. The SMILES string of the molecule is CCCCCCCCN(C(=O)C(NC(=O)OC(C)(C)C)C(C)CC)C(C(=O)Nc1ccccc1C)c1c(C)cccc1C. The van der Waals surface area contributed by atoms with Gasteiger partial charge in [0.2, 0.25) is 5.91 Å². The van der Waals surface area contributed by atoms with E-state index in [0.29, 0.717) is 18.7 Å². The van der Waals surface area contributed by atoms with Crippen molar-refractivity contribution in [1.82, 2.24) is 10.2 Å². The van der Waals surface area contributed by atoms with E-state index < -0.39 is 23.8 Å². The fraction of sp³-hybridized carbons (Fsp3) is 0.583. The molecule has 2 N–H and O–H groups in total. The number of nitrogens with one attached hydrogen (secondary N) is 2. The molecule has 0 saturated heterocycles. The topological polar surface area (TPSA) is 87.7 Å². The number of carbonyl (C=O) groups is 3. The number of alkyl carbamates (subject to hydrolysis) is 1. The van der Waals surface area contributed by atoms with Crippen molar-refractivity contribution in [2.24, 2.45) is 5.92 Å². The molecular formula is C36H55N3O4. The maximum Gasteiger partial charge on any atom is 0.408 e. The zero-order chi connectivity index (χ0) is 32.2. The predicted molar refractivity (Wildman–Crippen MR) is 176 cm³/mol. The van der Waals surface area contributed by atoms with Crippen molar-refractivity contribution >= 4 is 23.6 Å². The maximum absolute atomic E-state index is 14.6. The summed E-state index contributed by atoms with van der Waals surface area (Å²) in [5.74, 6) is -0.724. The van der Waals surface area contributed by atoms with E-state index in [1.165, 1.54) is 6.42 Å². The number of aryl methyl sites for hydroxylation is 3. The number of unbranched alkanes of at least 4 members (excludes halogenated alkanes) is 5. The number of hydrogen-bond acceptors (Lipinski definition) is 4. The predicted octanol–water partition coefficient (Wildman–Crippen LogP) is 8.42. The van der Waals surface area contributed by atoms with Crippen molar-refractivity contribution in [3.63, 3.8) is 0 Å². The van der Waals surface area contributed by atoms with Crippen molar-refractivity contribution in [2.45, 2.75) is 125 Å². The summed E-state index contributed by atoms with van der Waals surface area (Å²) in [4.78, 5) is 43.7. The van der Waals surface area contributed by atoms with Gasteiger partial charge in [-0.1, -0.05) is 95.7 Å². The van der Waals surface area contributed by atoms with Crippen molar-refractivity contribution in [3.8, 4) is 0 Å². The zero-order valence-electron chi connectivity index (χ0n) is 28.0. The lowest BCUT2D eigenvalue weighted by Crippen LogP contribution is -2.55. The molecule has 43 heavy (non-hydrogen) atoms. The van der Waals surface area contributed by atoms with Crippen molar-refractivity contribution in [2.75, 3.05) is 11.9 Å². The number of rotatable bonds is 15. The molecule has 0 radical (unpaired) electrons. The maximum atomic E-state index is 14.6. The number of benzene rings is 2. The van der Waals surface area contributed by atoms with Crippen LogP contribution in [-0.4, -0.2) is 41.0 Å². The molecule has 0 aromatic heterocycles. The Bertz CT molecular complexity index is 1180. The molecule has 0 fully saturated rings. The Kier molecular flexibility index (Phi) is 14.2. The van der Waals surface area contributed by atoms with Gasteiger partial charge in [-0.05, 0) is 82.2 Å². The van der Waals surface area contributed by atoms with Gasteiger partial charge in [0, 0.05) is 12.2 Å². The third kappa shape index (κ3) is 11.0. The molecular weight excluding hydrogens is 538 g/mol. The zero-order valence-corrected chi connectivity index (χ0v) is 28.0.